The topological polar surface area (TPSA) is 116 Å². The lowest BCUT2D eigenvalue weighted by molar-refractivity contribution is -0.132. The minimum absolute atomic E-state index is 0.0539. The number of hydrogen-bond donors (Lipinski definition) is 2. The fraction of sp³-hybridized carbons (Fsp3) is 0.429. The Hall–Kier alpha value is -3.74. The number of anilines is 1. The molecule has 1 fully saturated rings. The third-order valence-corrected chi connectivity index (χ3v) is 7.19. The molecule has 0 aromatic carbocycles. The van der Waals surface area contributed by atoms with E-state index < -0.39 is 6.10 Å². The molecular formula is C28H32N6O3. The zero-order valence-corrected chi connectivity index (χ0v) is 21.2. The van der Waals surface area contributed by atoms with Crippen LogP contribution in [0.1, 0.15) is 44.2 Å². The third kappa shape index (κ3) is 5.22. The van der Waals surface area contributed by atoms with Crippen LogP contribution in [0.15, 0.2) is 42.9 Å². The molecule has 1 atom stereocenters. The molecule has 2 N–H and O–H groups in total. The predicted molar refractivity (Wildman–Crippen MR) is 141 cm³/mol. The number of ether oxygens (including phenoxy) is 1. The maximum Gasteiger partial charge on any atom is 0.249 e. The molecule has 192 valence electrons. The second-order valence-electron chi connectivity index (χ2n) is 10.0. The van der Waals surface area contributed by atoms with Crippen molar-refractivity contribution in [1.82, 2.24) is 19.9 Å². The summed E-state index contributed by atoms with van der Waals surface area (Å²) in [7, 11) is 0. The summed E-state index contributed by atoms with van der Waals surface area (Å²) in [4.78, 5) is 19.2. The molecule has 2 aliphatic rings. The molecule has 9 heteroatoms. The quantitative estimate of drug-likeness (QED) is 0.534. The summed E-state index contributed by atoms with van der Waals surface area (Å²) in [6.45, 7) is 6.49. The van der Waals surface area contributed by atoms with Crippen molar-refractivity contribution in [3.8, 4) is 17.2 Å². The molecule has 1 amide bonds. The fourth-order valence-corrected chi connectivity index (χ4v) is 4.96. The average molecular weight is 501 g/mol. The van der Waals surface area contributed by atoms with Crippen LogP contribution in [-0.4, -0.2) is 64.1 Å². The van der Waals surface area contributed by atoms with Crippen molar-refractivity contribution in [2.75, 3.05) is 31.2 Å². The van der Waals surface area contributed by atoms with E-state index in [1.54, 1.807) is 10.7 Å². The van der Waals surface area contributed by atoms with E-state index in [2.05, 4.69) is 33.5 Å². The average Bonchev–Trinajstić information content (AvgIpc) is 3.36. The fourth-order valence-electron chi connectivity index (χ4n) is 4.96. The van der Waals surface area contributed by atoms with Crippen molar-refractivity contribution in [1.29, 1.82) is 5.26 Å². The van der Waals surface area contributed by atoms with E-state index >= 15 is 0 Å². The van der Waals surface area contributed by atoms with Crippen LogP contribution < -0.4 is 10.2 Å². The smallest absolute Gasteiger partial charge is 0.249 e. The molecule has 0 aliphatic carbocycles. The SMILES string of the molecule is CC(C)C(O)C(=O)NC1CCN(c2ccc(-c3cc(C4=CCOCC4)cn4ncc(C#N)c34)cn2)CC1. The van der Waals surface area contributed by atoms with Crippen LogP contribution in [0.3, 0.4) is 0 Å². The summed E-state index contributed by atoms with van der Waals surface area (Å²) < 4.78 is 7.25. The number of fused-ring (bicyclic) bond motifs is 1. The van der Waals surface area contributed by atoms with Crippen molar-refractivity contribution in [3.05, 3.63) is 54.0 Å². The van der Waals surface area contributed by atoms with Gasteiger partial charge in [-0.2, -0.15) is 10.4 Å². The number of nitrogens with zero attached hydrogens (tertiary/aromatic N) is 5. The van der Waals surface area contributed by atoms with Crippen molar-refractivity contribution < 1.29 is 14.6 Å². The van der Waals surface area contributed by atoms with Crippen LogP contribution in [0, 0.1) is 17.2 Å². The minimum atomic E-state index is -0.975. The molecule has 5 rings (SSSR count). The number of piperidine rings is 1. The standard InChI is InChI=1S/C28H32N6O3/c1-18(2)27(35)28(36)32-23-5-9-33(10-6-23)25-4-3-20(15-30-25)24-13-21(19-7-11-37-12-8-19)17-34-26(24)22(14-29)16-31-34/h3-4,7,13,15-18,23,27,35H,5-6,8-12H2,1-2H3,(H,32,36). The van der Waals surface area contributed by atoms with E-state index in [0.29, 0.717) is 18.8 Å². The number of nitrogens with one attached hydrogen (secondary N) is 1. The van der Waals surface area contributed by atoms with Gasteiger partial charge in [0.15, 0.2) is 0 Å². The van der Waals surface area contributed by atoms with Gasteiger partial charge in [-0.1, -0.05) is 19.9 Å². The largest absolute Gasteiger partial charge is 0.383 e. The van der Waals surface area contributed by atoms with E-state index in [1.165, 1.54) is 5.57 Å². The zero-order valence-electron chi connectivity index (χ0n) is 21.2. The Kier molecular flexibility index (Phi) is 7.22. The number of pyridine rings is 2. The highest BCUT2D eigenvalue weighted by molar-refractivity contribution is 5.87. The van der Waals surface area contributed by atoms with Crippen LogP contribution >= 0.6 is 0 Å². The highest BCUT2D eigenvalue weighted by Crippen LogP contribution is 2.32. The number of aliphatic hydroxyl groups is 1. The molecule has 0 spiro atoms. The Labute approximate surface area is 216 Å². The maximum absolute atomic E-state index is 12.2. The Morgan fingerprint density at radius 1 is 1.24 bits per heavy atom. The van der Waals surface area contributed by atoms with Crippen LogP contribution in [0.4, 0.5) is 5.82 Å². The van der Waals surface area contributed by atoms with Gasteiger partial charge in [-0.05, 0) is 54.5 Å². The Morgan fingerprint density at radius 3 is 2.70 bits per heavy atom. The first-order valence-electron chi connectivity index (χ1n) is 12.8. The summed E-state index contributed by atoms with van der Waals surface area (Å²) in [5.74, 6) is 0.478. The van der Waals surface area contributed by atoms with E-state index in [4.69, 9.17) is 9.72 Å². The molecule has 1 saturated heterocycles. The highest BCUT2D eigenvalue weighted by atomic mass is 16.5. The van der Waals surface area contributed by atoms with Crippen molar-refractivity contribution in [2.45, 2.75) is 45.3 Å². The molecule has 1 unspecified atom stereocenters. The number of aliphatic hydroxyl groups excluding tert-OH is 1. The van der Waals surface area contributed by atoms with Crippen molar-refractivity contribution in [2.24, 2.45) is 5.92 Å². The van der Waals surface area contributed by atoms with Gasteiger partial charge in [0.05, 0.1) is 30.5 Å². The molecule has 0 bridgehead atoms. The van der Waals surface area contributed by atoms with Gasteiger partial charge in [-0.15, -0.1) is 0 Å². The van der Waals surface area contributed by atoms with Gasteiger partial charge < -0.3 is 20.1 Å². The molecule has 3 aromatic heterocycles. The lowest BCUT2D eigenvalue weighted by Gasteiger charge is -2.33. The number of nitriles is 1. The number of amides is 1. The first-order chi connectivity index (χ1) is 17.9. The molecule has 3 aromatic rings. The molecule has 0 saturated carbocycles. The number of carbonyl (C=O) groups excluding carboxylic acids is 1. The van der Waals surface area contributed by atoms with Gasteiger partial charge in [-0.3, -0.25) is 4.79 Å². The van der Waals surface area contributed by atoms with Crippen molar-refractivity contribution >= 4 is 22.8 Å². The monoisotopic (exact) mass is 500 g/mol. The highest BCUT2D eigenvalue weighted by Gasteiger charge is 2.25. The summed E-state index contributed by atoms with van der Waals surface area (Å²) in [5.41, 5.74) is 5.41. The lowest BCUT2D eigenvalue weighted by atomic mass is 9.97. The molecule has 0 radical (unpaired) electrons. The second kappa shape index (κ2) is 10.7. The summed E-state index contributed by atoms with van der Waals surface area (Å²) in [6, 6.07) is 8.48. The van der Waals surface area contributed by atoms with E-state index in [-0.39, 0.29) is 17.9 Å². The molecule has 9 nitrogen and oxygen atoms in total. The van der Waals surface area contributed by atoms with Crippen LogP contribution in [0.25, 0.3) is 22.2 Å². The maximum atomic E-state index is 12.2. The zero-order chi connectivity index (χ0) is 25.9. The molecular weight excluding hydrogens is 468 g/mol. The van der Waals surface area contributed by atoms with Crippen molar-refractivity contribution in [3.63, 3.8) is 0 Å². The number of carbonyl (C=O) groups is 1. The second-order valence-corrected chi connectivity index (χ2v) is 10.0. The number of aromatic nitrogens is 3. The minimum Gasteiger partial charge on any atom is -0.383 e. The van der Waals surface area contributed by atoms with Gasteiger partial charge in [0.1, 0.15) is 18.0 Å². The Balaban J connectivity index is 1.34. The first kappa shape index (κ1) is 24.9. The van der Waals surface area contributed by atoms with Crippen LogP contribution in [-0.2, 0) is 9.53 Å². The van der Waals surface area contributed by atoms with Gasteiger partial charge in [0, 0.05) is 42.7 Å². The Morgan fingerprint density at radius 2 is 2.05 bits per heavy atom. The first-order valence-corrected chi connectivity index (χ1v) is 12.8. The van der Waals surface area contributed by atoms with Gasteiger partial charge in [0.25, 0.3) is 0 Å². The van der Waals surface area contributed by atoms with Crippen LogP contribution in [0.5, 0.6) is 0 Å². The molecule has 37 heavy (non-hydrogen) atoms. The van der Waals surface area contributed by atoms with Gasteiger partial charge in [0.2, 0.25) is 5.91 Å². The summed E-state index contributed by atoms with van der Waals surface area (Å²) in [6.07, 6.45) is 8.98. The van der Waals surface area contributed by atoms with Crippen LogP contribution in [0.2, 0.25) is 0 Å². The third-order valence-electron chi connectivity index (χ3n) is 7.19. The van der Waals surface area contributed by atoms with Gasteiger partial charge in [-0.25, -0.2) is 9.50 Å². The van der Waals surface area contributed by atoms with E-state index in [0.717, 1.165) is 60.4 Å². The predicted octanol–water partition coefficient (Wildman–Crippen LogP) is 3.17. The van der Waals surface area contributed by atoms with E-state index in [1.807, 2.05) is 38.4 Å². The molecule has 5 heterocycles. The molecule has 2 aliphatic heterocycles. The Bertz CT molecular complexity index is 1350. The number of hydrogen-bond acceptors (Lipinski definition) is 7. The summed E-state index contributed by atoms with van der Waals surface area (Å²) >= 11 is 0. The lowest BCUT2D eigenvalue weighted by Crippen LogP contribution is -2.48. The van der Waals surface area contributed by atoms with Gasteiger partial charge >= 0.3 is 0 Å². The summed E-state index contributed by atoms with van der Waals surface area (Å²) in [5, 5.41) is 27.1. The van der Waals surface area contributed by atoms with E-state index in [9.17, 15) is 15.2 Å². The number of rotatable bonds is 6. The normalized spacial score (nSPS) is 17.5.